The number of carbonyl (C=O) groups is 1. The lowest BCUT2D eigenvalue weighted by atomic mass is 9.91. The molecule has 0 atom stereocenters. The van der Waals surface area contributed by atoms with Crippen LogP contribution in [0.5, 0.6) is 0 Å². The number of carbonyl (C=O) groups excluding carboxylic acids is 1. The van der Waals surface area contributed by atoms with E-state index in [4.69, 9.17) is 10.5 Å². The zero-order chi connectivity index (χ0) is 16.2. The molecule has 2 heterocycles. The summed E-state index contributed by atoms with van der Waals surface area (Å²) in [6, 6.07) is 3.96. The average Bonchev–Trinajstić information content (AvgIpc) is 2.44. The minimum Gasteiger partial charge on any atom is -0.444 e. The third kappa shape index (κ3) is 5.20. The van der Waals surface area contributed by atoms with Crippen LogP contribution in [0.1, 0.15) is 45.6 Å². The summed E-state index contributed by atoms with van der Waals surface area (Å²) in [5.74, 6) is 1.24. The molecule has 1 aromatic rings. The van der Waals surface area contributed by atoms with Crippen molar-refractivity contribution < 1.29 is 9.53 Å². The van der Waals surface area contributed by atoms with E-state index in [1.54, 1.807) is 6.20 Å². The van der Waals surface area contributed by atoms with Gasteiger partial charge >= 0.3 is 6.09 Å². The molecule has 0 aliphatic carbocycles. The summed E-state index contributed by atoms with van der Waals surface area (Å²) >= 11 is 0. The first-order valence-corrected chi connectivity index (χ1v) is 8.02. The van der Waals surface area contributed by atoms with Crippen LogP contribution < -0.4 is 5.73 Å². The lowest BCUT2D eigenvalue weighted by Gasteiger charge is -2.33. The van der Waals surface area contributed by atoms with Gasteiger partial charge in [0, 0.05) is 19.3 Å². The lowest BCUT2D eigenvalue weighted by Crippen LogP contribution is -2.41. The number of likely N-dealkylation sites (tertiary alicyclic amines) is 1. The van der Waals surface area contributed by atoms with Gasteiger partial charge in [-0.1, -0.05) is 0 Å². The van der Waals surface area contributed by atoms with E-state index in [2.05, 4.69) is 4.98 Å². The Labute approximate surface area is 132 Å². The van der Waals surface area contributed by atoms with Crippen molar-refractivity contribution in [1.82, 2.24) is 9.88 Å². The molecule has 0 saturated carbocycles. The number of pyridine rings is 1. The van der Waals surface area contributed by atoms with Crippen molar-refractivity contribution in [3.05, 3.63) is 23.9 Å². The first kappa shape index (κ1) is 16.6. The molecule has 5 heteroatoms. The molecule has 0 radical (unpaired) electrons. The van der Waals surface area contributed by atoms with Crippen LogP contribution >= 0.6 is 0 Å². The van der Waals surface area contributed by atoms with Gasteiger partial charge in [-0.3, -0.25) is 0 Å². The third-order valence-electron chi connectivity index (χ3n) is 3.95. The summed E-state index contributed by atoms with van der Waals surface area (Å²) in [6.07, 6.45) is 5.80. The maximum atomic E-state index is 12.0. The monoisotopic (exact) mass is 305 g/mol. The lowest BCUT2D eigenvalue weighted by molar-refractivity contribution is 0.0181. The number of hydrogen-bond acceptors (Lipinski definition) is 4. The van der Waals surface area contributed by atoms with Gasteiger partial charge in [0.05, 0.1) is 0 Å². The Morgan fingerprint density at radius 2 is 2.09 bits per heavy atom. The van der Waals surface area contributed by atoms with Crippen molar-refractivity contribution in [1.29, 1.82) is 0 Å². The maximum Gasteiger partial charge on any atom is 0.410 e. The zero-order valence-corrected chi connectivity index (χ0v) is 13.8. The van der Waals surface area contributed by atoms with Crippen molar-refractivity contribution >= 4 is 11.9 Å². The van der Waals surface area contributed by atoms with Crippen molar-refractivity contribution in [2.24, 2.45) is 5.92 Å². The molecule has 1 amide bonds. The number of nitrogen functional groups attached to an aromatic ring is 1. The Morgan fingerprint density at radius 3 is 2.68 bits per heavy atom. The van der Waals surface area contributed by atoms with Crippen LogP contribution in [0.25, 0.3) is 0 Å². The van der Waals surface area contributed by atoms with Crippen LogP contribution in [0.3, 0.4) is 0 Å². The fourth-order valence-electron chi connectivity index (χ4n) is 2.75. The van der Waals surface area contributed by atoms with Crippen LogP contribution in [0.15, 0.2) is 18.3 Å². The van der Waals surface area contributed by atoms with E-state index in [0.29, 0.717) is 11.7 Å². The summed E-state index contributed by atoms with van der Waals surface area (Å²) in [6.45, 7) is 7.28. The number of ether oxygens (including phenoxy) is 1. The van der Waals surface area contributed by atoms with E-state index in [1.807, 2.05) is 37.8 Å². The van der Waals surface area contributed by atoms with Crippen molar-refractivity contribution in [3.8, 4) is 0 Å². The van der Waals surface area contributed by atoms with Crippen molar-refractivity contribution in [2.45, 2.75) is 52.1 Å². The highest BCUT2D eigenvalue weighted by atomic mass is 16.6. The molecule has 1 aromatic heterocycles. The summed E-state index contributed by atoms with van der Waals surface area (Å²) < 4.78 is 5.42. The van der Waals surface area contributed by atoms with Crippen LogP contribution in [0.2, 0.25) is 0 Å². The van der Waals surface area contributed by atoms with E-state index in [-0.39, 0.29) is 6.09 Å². The van der Waals surface area contributed by atoms with Gasteiger partial charge in [0.15, 0.2) is 0 Å². The van der Waals surface area contributed by atoms with Gasteiger partial charge in [-0.15, -0.1) is 0 Å². The molecule has 1 aliphatic heterocycles. The first-order valence-electron chi connectivity index (χ1n) is 8.02. The fraction of sp³-hybridized carbons (Fsp3) is 0.647. The number of hydrogen-bond donors (Lipinski definition) is 1. The molecule has 1 saturated heterocycles. The van der Waals surface area contributed by atoms with Gasteiger partial charge in [-0.25, -0.2) is 9.78 Å². The SMILES string of the molecule is CC(C)(C)OC(=O)N1CCC(CCc2ccnc(N)c2)CC1. The molecule has 2 N–H and O–H groups in total. The normalized spacial score (nSPS) is 16.6. The number of amides is 1. The number of nitrogens with zero attached hydrogens (tertiary/aromatic N) is 2. The molecule has 5 nitrogen and oxygen atoms in total. The topological polar surface area (TPSA) is 68.5 Å². The van der Waals surface area contributed by atoms with Gasteiger partial charge in [-0.2, -0.15) is 0 Å². The molecule has 122 valence electrons. The minimum absolute atomic E-state index is 0.187. The Hall–Kier alpha value is -1.78. The standard InChI is InChI=1S/C17H27N3O2/c1-17(2,3)22-16(21)20-10-7-13(8-11-20)4-5-14-6-9-19-15(18)12-14/h6,9,12-13H,4-5,7-8,10-11H2,1-3H3,(H2,18,19). The van der Waals surface area contributed by atoms with E-state index >= 15 is 0 Å². The number of aryl methyl sites for hydroxylation is 1. The van der Waals surface area contributed by atoms with Gasteiger partial charge in [0.1, 0.15) is 11.4 Å². The number of nitrogens with two attached hydrogens (primary N) is 1. The maximum absolute atomic E-state index is 12.0. The quantitative estimate of drug-likeness (QED) is 0.930. The molecule has 1 aliphatic rings. The average molecular weight is 305 g/mol. The second-order valence-electron chi connectivity index (χ2n) is 7.04. The number of rotatable bonds is 3. The first-order chi connectivity index (χ1) is 10.3. The smallest absolute Gasteiger partial charge is 0.410 e. The summed E-state index contributed by atoms with van der Waals surface area (Å²) in [4.78, 5) is 17.9. The third-order valence-corrected chi connectivity index (χ3v) is 3.95. The molecule has 22 heavy (non-hydrogen) atoms. The summed E-state index contributed by atoms with van der Waals surface area (Å²) in [5.41, 5.74) is 6.52. The Kier molecular flexibility index (Phi) is 5.27. The van der Waals surface area contributed by atoms with Gasteiger partial charge in [0.2, 0.25) is 0 Å². The van der Waals surface area contributed by atoms with E-state index < -0.39 is 5.60 Å². The highest BCUT2D eigenvalue weighted by Gasteiger charge is 2.26. The fourth-order valence-corrected chi connectivity index (χ4v) is 2.75. The summed E-state index contributed by atoms with van der Waals surface area (Å²) in [5, 5.41) is 0. The molecule has 0 unspecified atom stereocenters. The molecule has 0 spiro atoms. The number of piperidine rings is 1. The Balaban J connectivity index is 1.74. The van der Waals surface area contributed by atoms with Crippen molar-refractivity contribution in [2.75, 3.05) is 18.8 Å². The minimum atomic E-state index is -0.421. The predicted octanol–water partition coefficient (Wildman–Crippen LogP) is 3.24. The highest BCUT2D eigenvalue weighted by molar-refractivity contribution is 5.68. The zero-order valence-electron chi connectivity index (χ0n) is 13.8. The molecule has 2 rings (SSSR count). The van der Waals surface area contributed by atoms with Crippen LogP contribution in [0, 0.1) is 5.92 Å². The second-order valence-corrected chi connectivity index (χ2v) is 7.04. The van der Waals surface area contributed by atoms with Gasteiger partial charge in [-0.05, 0) is 70.1 Å². The largest absolute Gasteiger partial charge is 0.444 e. The van der Waals surface area contributed by atoms with Crippen LogP contribution in [-0.2, 0) is 11.2 Å². The number of anilines is 1. The Morgan fingerprint density at radius 1 is 1.41 bits per heavy atom. The molecular formula is C17H27N3O2. The van der Waals surface area contributed by atoms with Crippen LogP contribution in [0.4, 0.5) is 10.6 Å². The van der Waals surface area contributed by atoms with Crippen LogP contribution in [-0.4, -0.2) is 34.7 Å². The highest BCUT2D eigenvalue weighted by Crippen LogP contribution is 2.24. The molecule has 1 fully saturated rings. The Bertz CT molecular complexity index is 503. The summed E-state index contributed by atoms with van der Waals surface area (Å²) in [7, 11) is 0. The number of aromatic nitrogens is 1. The molecular weight excluding hydrogens is 278 g/mol. The van der Waals surface area contributed by atoms with Gasteiger partial charge in [0.25, 0.3) is 0 Å². The van der Waals surface area contributed by atoms with E-state index in [9.17, 15) is 4.79 Å². The van der Waals surface area contributed by atoms with E-state index in [0.717, 1.165) is 38.8 Å². The predicted molar refractivity (Wildman–Crippen MR) is 87.5 cm³/mol. The molecule has 0 aromatic carbocycles. The second kappa shape index (κ2) is 6.99. The molecule has 0 bridgehead atoms. The van der Waals surface area contributed by atoms with Gasteiger partial charge < -0.3 is 15.4 Å². The van der Waals surface area contributed by atoms with E-state index in [1.165, 1.54) is 5.56 Å². The van der Waals surface area contributed by atoms with Crippen molar-refractivity contribution in [3.63, 3.8) is 0 Å².